The van der Waals surface area contributed by atoms with Gasteiger partial charge in [-0.05, 0) is 35.7 Å². The monoisotopic (exact) mass is 395 g/mol. The topological polar surface area (TPSA) is 56.2 Å². The molecule has 8 heteroatoms. The molecule has 1 aromatic carbocycles. The van der Waals surface area contributed by atoms with E-state index in [0.717, 1.165) is 16.3 Å². The lowest BCUT2D eigenvalue weighted by atomic mass is 10.3. The first kappa shape index (κ1) is 17.8. The first-order valence-corrected chi connectivity index (χ1v) is 9.08. The van der Waals surface area contributed by atoms with E-state index in [1.54, 1.807) is 34.2 Å². The van der Waals surface area contributed by atoms with E-state index in [2.05, 4.69) is 10.4 Å². The summed E-state index contributed by atoms with van der Waals surface area (Å²) in [5.41, 5.74) is 1.80. The lowest BCUT2D eigenvalue weighted by Gasteiger charge is -2.09. The van der Waals surface area contributed by atoms with Crippen LogP contribution in [0.4, 0.5) is 0 Å². The van der Waals surface area contributed by atoms with Crippen molar-refractivity contribution >= 4 is 40.4 Å². The van der Waals surface area contributed by atoms with Gasteiger partial charge in [0.05, 0.1) is 22.1 Å². The standard InChI is InChI=1S/C17H15Cl2N3O2S/c1-22-12(8-14(21-22)16-3-2-6-25-16)9-20-17(23)10-24-15-5-4-11(18)7-13(15)19/h2-8H,9-10H2,1H3,(H,20,23). The van der Waals surface area contributed by atoms with Crippen LogP contribution in [0.25, 0.3) is 10.6 Å². The third-order valence-corrected chi connectivity index (χ3v) is 4.89. The molecule has 3 rings (SSSR count). The highest BCUT2D eigenvalue weighted by atomic mass is 35.5. The molecule has 25 heavy (non-hydrogen) atoms. The minimum Gasteiger partial charge on any atom is -0.482 e. The summed E-state index contributed by atoms with van der Waals surface area (Å²) in [7, 11) is 1.85. The second-order valence-corrected chi connectivity index (χ2v) is 7.05. The van der Waals surface area contributed by atoms with Crippen LogP contribution in [0.3, 0.4) is 0 Å². The van der Waals surface area contributed by atoms with Gasteiger partial charge < -0.3 is 10.1 Å². The number of carbonyl (C=O) groups is 1. The number of halogens is 2. The molecule has 1 N–H and O–H groups in total. The first-order chi connectivity index (χ1) is 12.0. The molecule has 0 bridgehead atoms. The van der Waals surface area contributed by atoms with Crippen molar-refractivity contribution in [1.29, 1.82) is 0 Å². The summed E-state index contributed by atoms with van der Waals surface area (Å²) in [5.74, 6) is 0.173. The molecule has 130 valence electrons. The van der Waals surface area contributed by atoms with Crippen molar-refractivity contribution in [3.8, 4) is 16.3 Å². The number of nitrogens with zero attached hydrogens (tertiary/aromatic N) is 2. The number of aryl methyl sites for hydroxylation is 1. The summed E-state index contributed by atoms with van der Waals surface area (Å²) < 4.78 is 7.17. The van der Waals surface area contributed by atoms with E-state index in [9.17, 15) is 4.79 Å². The van der Waals surface area contributed by atoms with Crippen molar-refractivity contribution in [2.24, 2.45) is 7.05 Å². The molecule has 0 aliphatic carbocycles. The molecule has 0 aliphatic heterocycles. The summed E-state index contributed by atoms with van der Waals surface area (Å²) in [6.07, 6.45) is 0. The Kier molecular flexibility index (Phi) is 5.63. The molecular weight excluding hydrogens is 381 g/mol. The van der Waals surface area contributed by atoms with E-state index < -0.39 is 0 Å². The van der Waals surface area contributed by atoms with Crippen molar-refractivity contribution in [3.05, 3.63) is 57.5 Å². The number of thiophene rings is 1. The fourth-order valence-corrected chi connectivity index (χ4v) is 3.34. The average molecular weight is 396 g/mol. The van der Waals surface area contributed by atoms with Crippen LogP contribution in [0.15, 0.2) is 41.8 Å². The van der Waals surface area contributed by atoms with Gasteiger partial charge in [-0.15, -0.1) is 11.3 Å². The number of amides is 1. The lowest BCUT2D eigenvalue weighted by Crippen LogP contribution is -2.29. The van der Waals surface area contributed by atoms with Gasteiger partial charge in [-0.25, -0.2) is 0 Å². The van der Waals surface area contributed by atoms with Gasteiger partial charge in [-0.1, -0.05) is 29.3 Å². The molecule has 0 aliphatic rings. The minimum atomic E-state index is -0.245. The quantitative estimate of drug-likeness (QED) is 0.681. The molecule has 2 aromatic heterocycles. The zero-order chi connectivity index (χ0) is 17.8. The average Bonchev–Trinajstić information content (AvgIpc) is 3.21. The first-order valence-electron chi connectivity index (χ1n) is 7.44. The number of nitrogens with one attached hydrogen (secondary N) is 1. The van der Waals surface area contributed by atoms with Gasteiger partial charge in [0.15, 0.2) is 6.61 Å². The van der Waals surface area contributed by atoms with Crippen molar-refractivity contribution in [1.82, 2.24) is 15.1 Å². The molecule has 0 saturated carbocycles. The molecule has 3 aromatic rings. The zero-order valence-electron chi connectivity index (χ0n) is 13.3. The summed E-state index contributed by atoms with van der Waals surface area (Å²) in [4.78, 5) is 13.1. The van der Waals surface area contributed by atoms with Crippen LogP contribution in [0.5, 0.6) is 5.75 Å². The third kappa shape index (κ3) is 4.54. The van der Waals surface area contributed by atoms with E-state index in [1.807, 2.05) is 30.6 Å². The van der Waals surface area contributed by atoms with Crippen molar-refractivity contribution in [2.45, 2.75) is 6.54 Å². The maximum absolute atomic E-state index is 12.0. The zero-order valence-corrected chi connectivity index (χ0v) is 15.7. The number of rotatable bonds is 6. The van der Waals surface area contributed by atoms with E-state index in [1.165, 1.54) is 0 Å². The maximum atomic E-state index is 12.0. The number of carbonyl (C=O) groups excluding carboxylic acids is 1. The van der Waals surface area contributed by atoms with Crippen LogP contribution in [0.1, 0.15) is 5.69 Å². The summed E-state index contributed by atoms with van der Waals surface area (Å²) in [5, 5.41) is 10.2. The van der Waals surface area contributed by atoms with Crippen molar-refractivity contribution in [2.75, 3.05) is 6.61 Å². The Bertz CT molecular complexity index is 878. The van der Waals surface area contributed by atoms with E-state index in [-0.39, 0.29) is 12.5 Å². The molecule has 1 amide bonds. The van der Waals surface area contributed by atoms with Crippen molar-refractivity contribution in [3.63, 3.8) is 0 Å². The number of aromatic nitrogens is 2. The van der Waals surface area contributed by atoms with Gasteiger partial charge in [0.1, 0.15) is 11.4 Å². The molecule has 0 radical (unpaired) electrons. The second-order valence-electron chi connectivity index (χ2n) is 5.26. The Labute approximate surface area is 159 Å². The number of hydrogen-bond donors (Lipinski definition) is 1. The summed E-state index contributed by atoms with van der Waals surface area (Å²) >= 11 is 13.5. The molecule has 5 nitrogen and oxygen atoms in total. The fraction of sp³-hybridized carbons (Fsp3) is 0.176. The van der Waals surface area contributed by atoms with E-state index >= 15 is 0 Å². The van der Waals surface area contributed by atoms with Crippen LogP contribution in [0.2, 0.25) is 10.0 Å². The van der Waals surface area contributed by atoms with Crippen molar-refractivity contribution < 1.29 is 9.53 Å². The number of benzene rings is 1. The molecule has 2 heterocycles. The van der Waals surface area contributed by atoms with Gasteiger partial charge in [0, 0.05) is 12.1 Å². The normalized spacial score (nSPS) is 10.7. The Morgan fingerprint density at radius 3 is 2.88 bits per heavy atom. The van der Waals surface area contributed by atoms with Gasteiger partial charge in [-0.3, -0.25) is 9.48 Å². The number of hydrogen-bond acceptors (Lipinski definition) is 4. The fourth-order valence-electron chi connectivity index (χ4n) is 2.19. The van der Waals surface area contributed by atoms with Crippen LogP contribution in [0, 0.1) is 0 Å². The Hall–Kier alpha value is -2.02. The molecule has 0 saturated heterocycles. The van der Waals surface area contributed by atoms with Gasteiger partial charge >= 0.3 is 0 Å². The highest BCUT2D eigenvalue weighted by Crippen LogP contribution is 2.27. The largest absolute Gasteiger partial charge is 0.482 e. The highest BCUT2D eigenvalue weighted by Gasteiger charge is 2.10. The van der Waals surface area contributed by atoms with E-state index in [0.29, 0.717) is 22.3 Å². The predicted molar refractivity (Wildman–Crippen MR) is 100 cm³/mol. The lowest BCUT2D eigenvalue weighted by molar-refractivity contribution is -0.123. The van der Waals surface area contributed by atoms with Crippen LogP contribution in [-0.4, -0.2) is 22.3 Å². The van der Waals surface area contributed by atoms with Crippen LogP contribution in [-0.2, 0) is 18.4 Å². The second kappa shape index (κ2) is 7.91. The molecule has 0 spiro atoms. The number of ether oxygens (including phenoxy) is 1. The Morgan fingerprint density at radius 2 is 2.16 bits per heavy atom. The molecule has 0 unspecified atom stereocenters. The van der Waals surface area contributed by atoms with Gasteiger partial charge in [0.25, 0.3) is 5.91 Å². The highest BCUT2D eigenvalue weighted by molar-refractivity contribution is 7.13. The Morgan fingerprint density at radius 1 is 1.32 bits per heavy atom. The SMILES string of the molecule is Cn1nc(-c2cccs2)cc1CNC(=O)COc1ccc(Cl)cc1Cl. The van der Waals surface area contributed by atoms with Gasteiger partial charge in [0.2, 0.25) is 0 Å². The molecule has 0 fully saturated rings. The summed E-state index contributed by atoms with van der Waals surface area (Å²) in [6.45, 7) is 0.238. The van der Waals surface area contributed by atoms with Gasteiger partial charge in [-0.2, -0.15) is 5.10 Å². The van der Waals surface area contributed by atoms with Crippen LogP contribution >= 0.6 is 34.5 Å². The maximum Gasteiger partial charge on any atom is 0.258 e. The molecular formula is C17H15Cl2N3O2S. The van der Waals surface area contributed by atoms with E-state index in [4.69, 9.17) is 27.9 Å². The summed E-state index contributed by atoms with van der Waals surface area (Å²) in [6, 6.07) is 10.8. The third-order valence-electron chi connectivity index (χ3n) is 3.47. The molecule has 0 atom stereocenters. The Balaban J connectivity index is 1.54. The van der Waals surface area contributed by atoms with Crippen LogP contribution < -0.4 is 10.1 Å². The smallest absolute Gasteiger partial charge is 0.258 e. The predicted octanol–water partition coefficient (Wildman–Crippen LogP) is 4.15. The minimum absolute atomic E-state index is 0.128.